The Morgan fingerprint density at radius 2 is 1.70 bits per heavy atom. The van der Waals surface area contributed by atoms with Crippen LogP contribution in [-0.2, 0) is 15.7 Å². The summed E-state index contributed by atoms with van der Waals surface area (Å²) in [6.45, 7) is 5.84. The highest BCUT2D eigenvalue weighted by Gasteiger charge is 2.30. The van der Waals surface area contributed by atoms with Gasteiger partial charge in [0, 0.05) is 11.4 Å². The largest absolute Gasteiger partial charge is 0.485 e. The SMILES string of the molecule is CCC(Oc1cc(C)c(-c2ccc(C(F)(F)F)cc2)c(C)c1)c1cc(Cl)c(C(=O)NCCC(=O)OC)s1. The Morgan fingerprint density at radius 3 is 2.24 bits per heavy atom. The maximum absolute atomic E-state index is 12.9. The number of aryl methyl sites for hydroxylation is 2. The van der Waals surface area contributed by atoms with Crippen LogP contribution < -0.4 is 10.1 Å². The maximum atomic E-state index is 12.9. The zero-order valence-corrected chi connectivity index (χ0v) is 22.4. The van der Waals surface area contributed by atoms with Crippen LogP contribution >= 0.6 is 22.9 Å². The van der Waals surface area contributed by atoms with Gasteiger partial charge in [-0.2, -0.15) is 13.2 Å². The molecule has 198 valence electrons. The van der Waals surface area contributed by atoms with Gasteiger partial charge >= 0.3 is 12.1 Å². The lowest BCUT2D eigenvalue weighted by molar-refractivity contribution is -0.140. The zero-order chi connectivity index (χ0) is 27.3. The lowest BCUT2D eigenvalue weighted by Gasteiger charge is -2.19. The first-order valence-electron chi connectivity index (χ1n) is 11.5. The molecule has 1 heterocycles. The summed E-state index contributed by atoms with van der Waals surface area (Å²) in [6, 6.07) is 10.5. The first kappa shape index (κ1) is 28.5. The molecule has 1 aromatic heterocycles. The summed E-state index contributed by atoms with van der Waals surface area (Å²) in [5.41, 5.74) is 2.57. The van der Waals surface area contributed by atoms with Crippen molar-refractivity contribution in [3.8, 4) is 16.9 Å². The van der Waals surface area contributed by atoms with E-state index in [0.29, 0.717) is 27.6 Å². The molecule has 1 unspecified atom stereocenters. The monoisotopic (exact) mass is 553 g/mol. The number of hydrogen-bond donors (Lipinski definition) is 1. The van der Waals surface area contributed by atoms with Gasteiger partial charge in [-0.05, 0) is 72.9 Å². The molecule has 37 heavy (non-hydrogen) atoms. The van der Waals surface area contributed by atoms with Crippen molar-refractivity contribution in [3.05, 3.63) is 73.9 Å². The molecule has 2 aromatic carbocycles. The third kappa shape index (κ3) is 7.05. The number of rotatable bonds is 9. The van der Waals surface area contributed by atoms with E-state index in [-0.39, 0.29) is 25.0 Å². The summed E-state index contributed by atoms with van der Waals surface area (Å²) >= 11 is 7.54. The molecule has 10 heteroatoms. The highest BCUT2D eigenvalue weighted by molar-refractivity contribution is 7.14. The van der Waals surface area contributed by atoms with Crippen molar-refractivity contribution in [1.82, 2.24) is 5.32 Å². The molecule has 3 aromatic rings. The van der Waals surface area contributed by atoms with Gasteiger partial charge in [0.2, 0.25) is 0 Å². The van der Waals surface area contributed by atoms with E-state index in [1.807, 2.05) is 32.9 Å². The van der Waals surface area contributed by atoms with Crippen LogP contribution in [-0.4, -0.2) is 25.5 Å². The van der Waals surface area contributed by atoms with Crippen LogP contribution in [0, 0.1) is 13.8 Å². The molecule has 5 nitrogen and oxygen atoms in total. The van der Waals surface area contributed by atoms with E-state index in [1.165, 1.54) is 30.6 Å². The molecule has 0 spiro atoms. The lowest BCUT2D eigenvalue weighted by atomic mass is 9.94. The van der Waals surface area contributed by atoms with Crippen molar-refractivity contribution in [3.63, 3.8) is 0 Å². The minimum Gasteiger partial charge on any atom is -0.485 e. The third-order valence-corrected chi connectivity index (χ3v) is 7.36. The number of carbonyl (C=O) groups excluding carboxylic acids is 2. The molecular weight excluding hydrogens is 527 g/mol. The molecule has 0 aliphatic heterocycles. The fraction of sp³-hybridized carbons (Fsp3) is 0.333. The predicted molar refractivity (Wildman–Crippen MR) is 138 cm³/mol. The Labute approximate surface area is 222 Å². The van der Waals surface area contributed by atoms with E-state index in [2.05, 4.69) is 10.1 Å². The molecule has 0 saturated carbocycles. The fourth-order valence-electron chi connectivity index (χ4n) is 3.94. The van der Waals surface area contributed by atoms with Crippen molar-refractivity contribution in [2.75, 3.05) is 13.7 Å². The molecule has 1 N–H and O–H groups in total. The molecule has 1 atom stereocenters. The Kier molecular flexibility index (Phi) is 9.26. The van der Waals surface area contributed by atoms with E-state index in [9.17, 15) is 22.8 Å². The number of esters is 1. The molecule has 0 bridgehead atoms. The standard InChI is InChI=1S/C27H27ClF3NO4S/c1-5-21(22-14-20(28)25(37-22)26(34)32-11-10-23(33)35-4)36-19-12-15(2)24(16(3)13-19)17-6-8-18(9-7-17)27(29,30)31/h6-9,12-14,21H,5,10-11H2,1-4H3,(H,32,34). The summed E-state index contributed by atoms with van der Waals surface area (Å²) in [4.78, 5) is 24.9. The Balaban J connectivity index is 1.77. The maximum Gasteiger partial charge on any atom is 0.416 e. The number of nitrogens with one attached hydrogen (secondary N) is 1. The second kappa shape index (κ2) is 12.0. The summed E-state index contributed by atoms with van der Waals surface area (Å²) < 4.78 is 49.6. The number of benzene rings is 2. The summed E-state index contributed by atoms with van der Waals surface area (Å²) in [7, 11) is 1.28. The van der Waals surface area contributed by atoms with Gasteiger partial charge in [0.15, 0.2) is 0 Å². The first-order chi connectivity index (χ1) is 17.4. The number of halogens is 4. The summed E-state index contributed by atoms with van der Waals surface area (Å²) in [5.74, 6) is -0.202. The second-order valence-corrected chi connectivity index (χ2v) is 9.92. The van der Waals surface area contributed by atoms with E-state index in [1.54, 1.807) is 6.07 Å². The van der Waals surface area contributed by atoms with Crippen molar-refractivity contribution in [2.45, 2.75) is 45.9 Å². The Bertz CT molecular complexity index is 1250. The molecule has 3 rings (SSSR count). The van der Waals surface area contributed by atoms with Gasteiger partial charge in [0.25, 0.3) is 5.91 Å². The van der Waals surface area contributed by atoms with Crippen LogP contribution in [0.25, 0.3) is 11.1 Å². The number of ether oxygens (including phenoxy) is 2. The highest BCUT2D eigenvalue weighted by Crippen LogP contribution is 2.38. The van der Waals surface area contributed by atoms with Gasteiger partial charge in [-0.1, -0.05) is 30.7 Å². The van der Waals surface area contributed by atoms with Crippen LogP contribution in [0.4, 0.5) is 13.2 Å². The smallest absolute Gasteiger partial charge is 0.416 e. The van der Waals surface area contributed by atoms with Gasteiger partial charge in [-0.15, -0.1) is 11.3 Å². The number of alkyl halides is 3. The average molecular weight is 554 g/mol. The van der Waals surface area contributed by atoms with E-state index in [4.69, 9.17) is 16.3 Å². The van der Waals surface area contributed by atoms with Crippen molar-refractivity contribution >= 4 is 34.8 Å². The Hall–Kier alpha value is -3.04. The van der Waals surface area contributed by atoms with Crippen LogP contribution in [0.2, 0.25) is 5.02 Å². The zero-order valence-electron chi connectivity index (χ0n) is 20.8. The van der Waals surface area contributed by atoms with Gasteiger partial charge in [-0.25, -0.2) is 0 Å². The molecule has 0 aliphatic rings. The molecule has 0 radical (unpaired) electrons. The van der Waals surface area contributed by atoms with Gasteiger partial charge in [-0.3, -0.25) is 9.59 Å². The van der Waals surface area contributed by atoms with Crippen LogP contribution in [0.15, 0.2) is 42.5 Å². The van der Waals surface area contributed by atoms with Crippen molar-refractivity contribution < 1.29 is 32.2 Å². The third-order valence-electron chi connectivity index (χ3n) is 5.73. The number of hydrogen-bond acceptors (Lipinski definition) is 5. The number of methoxy groups -OCH3 is 1. The van der Waals surface area contributed by atoms with E-state index >= 15 is 0 Å². The van der Waals surface area contributed by atoms with Gasteiger partial charge in [0.05, 0.1) is 24.1 Å². The van der Waals surface area contributed by atoms with Crippen molar-refractivity contribution in [1.29, 1.82) is 0 Å². The van der Waals surface area contributed by atoms with Crippen molar-refractivity contribution in [2.24, 2.45) is 0 Å². The number of amides is 1. The summed E-state index contributed by atoms with van der Waals surface area (Å²) in [6.07, 6.45) is -4.09. The van der Waals surface area contributed by atoms with Crippen LogP contribution in [0.3, 0.4) is 0 Å². The van der Waals surface area contributed by atoms with Gasteiger partial charge in [0.1, 0.15) is 16.7 Å². The minimum absolute atomic E-state index is 0.0555. The molecule has 0 saturated heterocycles. The lowest BCUT2D eigenvalue weighted by Crippen LogP contribution is -2.25. The van der Waals surface area contributed by atoms with Crippen LogP contribution in [0.5, 0.6) is 5.75 Å². The highest BCUT2D eigenvalue weighted by atomic mass is 35.5. The Morgan fingerprint density at radius 1 is 1.08 bits per heavy atom. The average Bonchev–Trinajstić information content (AvgIpc) is 3.23. The normalized spacial score (nSPS) is 12.2. The summed E-state index contributed by atoms with van der Waals surface area (Å²) in [5, 5.41) is 2.95. The van der Waals surface area contributed by atoms with Crippen LogP contribution in [0.1, 0.15) is 57.1 Å². The molecule has 0 fully saturated rings. The quantitative estimate of drug-likeness (QED) is 0.278. The first-order valence-corrected chi connectivity index (χ1v) is 12.7. The topological polar surface area (TPSA) is 64.6 Å². The number of carbonyl (C=O) groups is 2. The van der Waals surface area contributed by atoms with E-state index in [0.717, 1.165) is 33.7 Å². The number of thiophene rings is 1. The molecule has 0 aliphatic carbocycles. The predicted octanol–water partition coefficient (Wildman–Crippen LogP) is 7.53. The van der Waals surface area contributed by atoms with Gasteiger partial charge < -0.3 is 14.8 Å². The fourth-order valence-corrected chi connectivity index (χ4v) is 5.40. The minimum atomic E-state index is -4.39. The molecular formula is C27H27ClF3NO4S. The van der Waals surface area contributed by atoms with E-state index < -0.39 is 17.7 Å². The molecule has 1 amide bonds. The second-order valence-electron chi connectivity index (χ2n) is 8.43.